The van der Waals surface area contributed by atoms with Gasteiger partial charge < -0.3 is 15.3 Å². The lowest BCUT2D eigenvalue weighted by molar-refractivity contribution is 0.0699. The van der Waals surface area contributed by atoms with Crippen molar-refractivity contribution in [3.05, 3.63) is 35.9 Å². The number of fused-ring (bicyclic) bond motifs is 1. The van der Waals surface area contributed by atoms with Crippen LogP contribution in [0.4, 0.5) is 5.82 Å². The molecule has 1 aromatic heterocycles. The maximum atomic E-state index is 11.5. The van der Waals surface area contributed by atoms with Gasteiger partial charge in [0.1, 0.15) is 5.82 Å². The summed E-state index contributed by atoms with van der Waals surface area (Å²) in [4.78, 5) is 18.5. The molecule has 25 heavy (non-hydrogen) atoms. The van der Waals surface area contributed by atoms with Gasteiger partial charge in [-0.3, -0.25) is 0 Å². The number of rotatable bonds is 9. The number of carbonyl (C=O) groups is 1. The summed E-state index contributed by atoms with van der Waals surface area (Å²) in [6, 6.07) is 8.97. The maximum absolute atomic E-state index is 11.5. The van der Waals surface area contributed by atoms with Gasteiger partial charge in [-0.2, -0.15) is 0 Å². The van der Waals surface area contributed by atoms with Crippen LogP contribution in [0.2, 0.25) is 0 Å². The number of carboxylic acids is 1. The molecule has 0 spiro atoms. The molecular weight excluding hydrogens is 314 g/mol. The Hall–Kier alpha value is -2.14. The first-order valence-corrected chi connectivity index (χ1v) is 8.96. The quantitative estimate of drug-likeness (QED) is 0.721. The van der Waals surface area contributed by atoms with Crippen molar-refractivity contribution in [3.63, 3.8) is 0 Å². The van der Waals surface area contributed by atoms with Gasteiger partial charge in [0.25, 0.3) is 0 Å². The Morgan fingerprint density at radius 3 is 2.40 bits per heavy atom. The summed E-state index contributed by atoms with van der Waals surface area (Å²) in [7, 11) is 0. The minimum absolute atomic E-state index is 0.286. The van der Waals surface area contributed by atoms with E-state index < -0.39 is 5.97 Å². The van der Waals surface area contributed by atoms with E-state index in [1.165, 1.54) is 0 Å². The summed E-state index contributed by atoms with van der Waals surface area (Å²) < 4.78 is 0. The summed E-state index contributed by atoms with van der Waals surface area (Å²) in [5, 5.41) is 13.4. The van der Waals surface area contributed by atoms with Crippen molar-refractivity contribution in [2.24, 2.45) is 11.8 Å². The number of hydrogen-bond acceptors (Lipinski definition) is 4. The molecule has 1 aromatic carbocycles. The summed E-state index contributed by atoms with van der Waals surface area (Å²) >= 11 is 0. The maximum Gasteiger partial charge on any atom is 0.336 e. The zero-order valence-electron chi connectivity index (χ0n) is 15.6. The van der Waals surface area contributed by atoms with E-state index in [1.807, 2.05) is 18.2 Å². The average molecular weight is 343 g/mol. The number of nitrogens with one attached hydrogen (secondary N) is 1. The molecule has 2 N–H and O–H groups in total. The van der Waals surface area contributed by atoms with Crippen LogP contribution in [0, 0.1) is 11.8 Å². The molecule has 0 aliphatic heterocycles. The Kier molecular flexibility index (Phi) is 6.76. The van der Waals surface area contributed by atoms with E-state index in [9.17, 15) is 9.90 Å². The van der Waals surface area contributed by atoms with Crippen molar-refractivity contribution in [2.75, 3.05) is 31.5 Å². The van der Waals surface area contributed by atoms with Crippen molar-refractivity contribution >= 4 is 22.7 Å². The van der Waals surface area contributed by atoms with Crippen LogP contribution in [-0.2, 0) is 0 Å². The zero-order chi connectivity index (χ0) is 18.4. The summed E-state index contributed by atoms with van der Waals surface area (Å²) in [5.74, 6) is 0.931. The molecule has 0 fully saturated rings. The first-order chi connectivity index (χ1) is 11.9. The van der Waals surface area contributed by atoms with Crippen molar-refractivity contribution in [3.8, 4) is 0 Å². The number of nitrogens with zero attached hydrogens (tertiary/aromatic N) is 2. The Morgan fingerprint density at radius 2 is 1.80 bits per heavy atom. The summed E-state index contributed by atoms with van der Waals surface area (Å²) in [6.07, 6.45) is 0. The van der Waals surface area contributed by atoms with E-state index in [1.54, 1.807) is 12.1 Å². The molecule has 0 atom stereocenters. The highest BCUT2D eigenvalue weighted by Crippen LogP contribution is 2.20. The molecule has 0 aliphatic rings. The molecule has 0 bridgehead atoms. The van der Waals surface area contributed by atoms with E-state index >= 15 is 0 Å². The molecule has 5 heteroatoms. The van der Waals surface area contributed by atoms with E-state index in [0.29, 0.717) is 28.6 Å². The molecule has 2 aromatic rings. The Balaban J connectivity index is 2.08. The van der Waals surface area contributed by atoms with Gasteiger partial charge >= 0.3 is 5.97 Å². The molecule has 1 heterocycles. The van der Waals surface area contributed by atoms with Gasteiger partial charge in [-0.25, -0.2) is 9.78 Å². The first kappa shape index (κ1) is 19.2. The first-order valence-electron chi connectivity index (χ1n) is 8.96. The van der Waals surface area contributed by atoms with Gasteiger partial charge in [-0.15, -0.1) is 0 Å². The number of para-hydroxylation sites is 1. The lowest BCUT2D eigenvalue weighted by atomic mass is 10.1. The number of carboxylic acid groups (broad SMARTS) is 1. The Bertz CT molecular complexity index is 703. The number of hydrogen-bond donors (Lipinski definition) is 2. The number of benzene rings is 1. The lowest BCUT2D eigenvalue weighted by Gasteiger charge is -2.26. The van der Waals surface area contributed by atoms with E-state index in [4.69, 9.17) is 0 Å². The molecular formula is C20H29N3O2. The van der Waals surface area contributed by atoms with Crippen LogP contribution in [0.25, 0.3) is 10.9 Å². The van der Waals surface area contributed by atoms with Crippen molar-refractivity contribution in [1.29, 1.82) is 0 Å². The molecule has 0 radical (unpaired) electrons. The Morgan fingerprint density at radius 1 is 1.16 bits per heavy atom. The fourth-order valence-corrected chi connectivity index (χ4v) is 3.07. The fraction of sp³-hybridized carbons (Fsp3) is 0.500. The summed E-state index contributed by atoms with van der Waals surface area (Å²) in [5.41, 5.74) is 0.987. The van der Waals surface area contributed by atoms with E-state index in [2.05, 4.69) is 42.9 Å². The molecule has 0 unspecified atom stereocenters. The second-order valence-electron chi connectivity index (χ2n) is 7.35. The fourth-order valence-electron chi connectivity index (χ4n) is 3.07. The third kappa shape index (κ3) is 5.71. The van der Waals surface area contributed by atoms with Crippen molar-refractivity contribution in [2.45, 2.75) is 27.7 Å². The topological polar surface area (TPSA) is 65.5 Å². The molecule has 136 valence electrons. The van der Waals surface area contributed by atoms with E-state index in [-0.39, 0.29) is 5.56 Å². The van der Waals surface area contributed by atoms with Crippen LogP contribution in [-0.4, -0.2) is 47.1 Å². The minimum Gasteiger partial charge on any atom is -0.478 e. The predicted molar refractivity (Wildman–Crippen MR) is 103 cm³/mol. The van der Waals surface area contributed by atoms with E-state index in [0.717, 1.165) is 26.2 Å². The molecule has 2 rings (SSSR count). The molecule has 0 amide bonds. The van der Waals surface area contributed by atoms with Crippen LogP contribution >= 0.6 is 0 Å². The summed E-state index contributed by atoms with van der Waals surface area (Å²) in [6.45, 7) is 12.7. The highest BCUT2D eigenvalue weighted by molar-refractivity contribution is 6.03. The molecule has 0 saturated carbocycles. The zero-order valence-corrected chi connectivity index (χ0v) is 15.6. The highest BCUT2D eigenvalue weighted by atomic mass is 16.4. The average Bonchev–Trinajstić information content (AvgIpc) is 2.52. The minimum atomic E-state index is -0.928. The van der Waals surface area contributed by atoms with Crippen LogP contribution in [0.5, 0.6) is 0 Å². The number of aromatic nitrogens is 1. The van der Waals surface area contributed by atoms with Gasteiger partial charge in [0.2, 0.25) is 0 Å². The van der Waals surface area contributed by atoms with Crippen LogP contribution in [0.15, 0.2) is 30.3 Å². The monoisotopic (exact) mass is 343 g/mol. The third-order valence-corrected chi connectivity index (χ3v) is 3.93. The highest BCUT2D eigenvalue weighted by Gasteiger charge is 2.12. The van der Waals surface area contributed by atoms with Gasteiger partial charge in [-0.05, 0) is 24.0 Å². The molecule has 5 nitrogen and oxygen atoms in total. The van der Waals surface area contributed by atoms with Crippen molar-refractivity contribution in [1.82, 2.24) is 9.88 Å². The SMILES string of the molecule is CC(C)CN(CCNc1cc(C(=O)O)c2ccccc2n1)CC(C)C. The van der Waals surface area contributed by atoms with Crippen LogP contribution in [0.3, 0.4) is 0 Å². The second kappa shape index (κ2) is 8.81. The normalized spacial score (nSPS) is 11.6. The number of anilines is 1. The van der Waals surface area contributed by atoms with Gasteiger partial charge in [-0.1, -0.05) is 45.9 Å². The number of aromatic carboxylic acids is 1. The van der Waals surface area contributed by atoms with Gasteiger partial charge in [0, 0.05) is 31.6 Å². The third-order valence-electron chi connectivity index (χ3n) is 3.93. The van der Waals surface area contributed by atoms with Gasteiger partial charge in [0.15, 0.2) is 0 Å². The molecule has 0 saturated heterocycles. The standard InChI is InChI=1S/C20H29N3O2/c1-14(2)12-23(13-15(3)4)10-9-21-19-11-17(20(24)25)16-7-5-6-8-18(16)22-19/h5-8,11,14-15H,9-10,12-13H2,1-4H3,(H,21,22)(H,24,25). The van der Waals surface area contributed by atoms with Crippen molar-refractivity contribution < 1.29 is 9.90 Å². The largest absolute Gasteiger partial charge is 0.478 e. The van der Waals surface area contributed by atoms with Crippen LogP contribution < -0.4 is 5.32 Å². The smallest absolute Gasteiger partial charge is 0.336 e. The molecule has 0 aliphatic carbocycles. The predicted octanol–water partition coefficient (Wildman–Crippen LogP) is 3.96. The van der Waals surface area contributed by atoms with Crippen LogP contribution in [0.1, 0.15) is 38.1 Å². The second-order valence-corrected chi connectivity index (χ2v) is 7.35. The Labute approximate surface area is 150 Å². The van der Waals surface area contributed by atoms with Gasteiger partial charge in [0.05, 0.1) is 11.1 Å². The number of pyridine rings is 1. The lowest BCUT2D eigenvalue weighted by Crippen LogP contribution is -2.35.